The fourth-order valence-electron chi connectivity index (χ4n) is 1.31. The molecule has 0 saturated carbocycles. The second-order valence-electron chi connectivity index (χ2n) is 6.03. The molecule has 1 unspecified atom stereocenters. The predicted molar refractivity (Wildman–Crippen MR) is 71.1 cm³/mol. The van der Waals surface area contributed by atoms with Crippen LogP contribution in [0, 0.1) is 0 Å². The average Bonchev–Trinajstić information content (AvgIpc) is 2.14. The van der Waals surface area contributed by atoms with Gasteiger partial charge in [0.05, 0.1) is 5.60 Å². The Hall–Kier alpha value is -0.610. The van der Waals surface area contributed by atoms with Crippen LogP contribution in [0.1, 0.15) is 48.0 Å². The van der Waals surface area contributed by atoms with Crippen LogP contribution < -0.4 is 10.6 Å². The molecule has 0 aliphatic carbocycles. The van der Waals surface area contributed by atoms with Crippen molar-refractivity contribution in [2.75, 3.05) is 13.7 Å². The fraction of sp³-hybridized carbons (Fsp3) is 0.923. The van der Waals surface area contributed by atoms with Crippen molar-refractivity contribution in [3.63, 3.8) is 0 Å². The van der Waals surface area contributed by atoms with E-state index in [1.165, 1.54) is 0 Å². The lowest BCUT2D eigenvalue weighted by molar-refractivity contribution is -0.122. The molecule has 0 aliphatic heterocycles. The molecule has 17 heavy (non-hydrogen) atoms. The van der Waals surface area contributed by atoms with Gasteiger partial charge in [-0.3, -0.25) is 4.79 Å². The number of nitrogens with one attached hydrogen (secondary N) is 2. The summed E-state index contributed by atoms with van der Waals surface area (Å²) in [4.78, 5) is 11.6. The van der Waals surface area contributed by atoms with Crippen LogP contribution >= 0.6 is 0 Å². The molecular formula is C13H28N2O2. The van der Waals surface area contributed by atoms with E-state index in [9.17, 15) is 4.79 Å². The lowest BCUT2D eigenvalue weighted by Gasteiger charge is -2.31. The fourth-order valence-corrected chi connectivity index (χ4v) is 1.31. The number of carbonyl (C=O) groups excluding carboxylic acids is 1. The number of ether oxygens (including phenoxy) is 1. The quantitative estimate of drug-likeness (QED) is 0.747. The third kappa shape index (κ3) is 7.34. The lowest BCUT2D eigenvalue weighted by Crippen LogP contribution is -2.47. The maximum Gasteiger partial charge on any atom is 0.221 e. The Labute approximate surface area is 105 Å². The largest absolute Gasteiger partial charge is 0.377 e. The molecule has 2 N–H and O–H groups in total. The molecule has 1 amide bonds. The van der Waals surface area contributed by atoms with Crippen LogP contribution in [0.25, 0.3) is 0 Å². The Kier molecular flexibility index (Phi) is 6.13. The minimum absolute atomic E-state index is 0.0763. The number of hydrogen-bond donors (Lipinski definition) is 2. The molecule has 0 fully saturated rings. The summed E-state index contributed by atoms with van der Waals surface area (Å²) < 4.78 is 5.37. The number of hydrogen-bond acceptors (Lipinski definition) is 3. The zero-order chi connectivity index (χ0) is 13.7. The Morgan fingerprint density at radius 1 is 1.24 bits per heavy atom. The van der Waals surface area contributed by atoms with E-state index in [1.54, 1.807) is 7.11 Å². The highest BCUT2D eigenvalue weighted by atomic mass is 16.5. The van der Waals surface area contributed by atoms with Crippen LogP contribution in [-0.4, -0.2) is 36.7 Å². The first-order valence-corrected chi connectivity index (χ1v) is 6.18. The molecule has 0 rings (SSSR count). The van der Waals surface area contributed by atoms with Crippen molar-refractivity contribution >= 4 is 5.91 Å². The summed E-state index contributed by atoms with van der Waals surface area (Å²) in [7, 11) is 1.70. The van der Waals surface area contributed by atoms with Crippen LogP contribution in [0.3, 0.4) is 0 Å². The van der Waals surface area contributed by atoms with Crippen LogP contribution in [-0.2, 0) is 9.53 Å². The Morgan fingerprint density at radius 2 is 1.76 bits per heavy atom. The topological polar surface area (TPSA) is 50.4 Å². The maximum atomic E-state index is 11.6. The summed E-state index contributed by atoms with van der Waals surface area (Å²) >= 11 is 0. The highest BCUT2D eigenvalue weighted by molar-refractivity contribution is 5.76. The molecule has 4 nitrogen and oxygen atoms in total. The van der Waals surface area contributed by atoms with E-state index >= 15 is 0 Å². The molecule has 0 bridgehead atoms. The van der Waals surface area contributed by atoms with Crippen molar-refractivity contribution in [3.05, 3.63) is 0 Å². The highest BCUT2D eigenvalue weighted by Crippen LogP contribution is 2.12. The minimum atomic E-state index is -0.222. The Bertz CT molecular complexity index is 244. The van der Waals surface area contributed by atoms with Crippen LogP contribution in [0.5, 0.6) is 0 Å². The van der Waals surface area contributed by atoms with Crippen molar-refractivity contribution in [2.45, 2.75) is 65.1 Å². The number of amides is 1. The van der Waals surface area contributed by atoms with Crippen molar-refractivity contribution in [1.29, 1.82) is 0 Å². The first-order chi connectivity index (χ1) is 7.58. The van der Waals surface area contributed by atoms with E-state index in [1.807, 2.05) is 34.6 Å². The van der Waals surface area contributed by atoms with Gasteiger partial charge in [0.1, 0.15) is 0 Å². The van der Waals surface area contributed by atoms with Gasteiger partial charge in [-0.1, -0.05) is 0 Å². The molecule has 0 aromatic rings. The molecule has 1 atom stereocenters. The van der Waals surface area contributed by atoms with E-state index in [4.69, 9.17) is 4.74 Å². The maximum absolute atomic E-state index is 11.6. The monoisotopic (exact) mass is 244 g/mol. The standard InChI is InChI=1S/C13H28N2O2/c1-10(13(5,6)17-7)14-9-8-11(16)15-12(2,3)4/h10,14H,8-9H2,1-7H3,(H,15,16). The molecule has 0 aliphatic rings. The van der Waals surface area contributed by atoms with Gasteiger partial charge in [0.2, 0.25) is 5.91 Å². The molecule has 0 saturated heterocycles. The summed E-state index contributed by atoms with van der Waals surface area (Å²) in [5.41, 5.74) is -0.380. The molecule has 0 radical (unpaired) electrons. The van der Waals surface area contributed by atoms with Gasteiger partial charge in [0.15, 0.2) is 0 Å². The SMILES string of the molecule is COC(C)(C)C(C)NCCC(=O)NC(C)(C)C. The zero-order valence-corrected chi connectivity index (χ0v) is 12.3. The predicted octanol–water partition coefficient (Wildman–Crippen LogP) is 1.69. The summed E-state index contributed by atoms with van der Waals surface area (Å²) in [6, 6.07) is 0.204. The average molecular weight is 244 g/mol. The van der Waals surface area contributed by atoms with Crippen LogP contribution in [0.15, 0.2) is 0 Å². The van der Waals surface area contributed by atoms with Gasteiger partial charge in [0.25, 0.3) is 0 Å². The lowest BCUT2D eigenvalue weighted by atomic mass is 10.0. The van der Waals surface area contributed by atoms with Crippen molar-refractivity contribution in [1.82, 2.24) is 10.6 Å². The van der Waals surface area contributed by atoms with Gasteiger partial charge >= 0.3 is 0 Å². The summed E-state index contributed by atoms with van der Waals surface area (Å²) in [5, 5.41) is 6.24. The van der Waals surface area contributed by atoms with Crippen molar-refractivity contribution in [2.24, 2.45) is 0 Å². The van der Waals surface area contributed by atoms with Gasteiger partial charge in [-0.05, 0) is 41.5 Å². The zero-order valence-electron chi connectivity index (χ0n) is 12.3. The molecule has 4 heteroatoms. The molecule has 0 spiro atoms. The number of carbonyl (C=O) groups is 1. The first kappa shape index (κ1) is 16.4. The van der Waals surface area contributed by atoms with E-state index in [0.29, 0.717) is 13.0 Å². The second kappa shape index (κ2) is 6.36. The second-order valence-corrected chi connectivity index (χ2v) is 6.03. The molecule has 0 heterocycles. The van der Waals surface area contributed by atoms with Crippen LogP contribution in [0.2, 0.25) is 0 Å². The smallest absolute Gasteiger partial charge is 0.221 e. The normalized spacial score (nSPS) is 14.5. The van der Waals surface area contributed by atoms with E-state index < -0.39 is 0 Å². The van der Waals surface area contributed by atoms with Crippen molar-refractivity contribution < 1.29 is 9.53 Å². The van der Waals surface area contributed by atoms with Gasteiger partial charge in [0, 0.05) is 31.7 Å². The summed E-state index contributed by atoms with van der Waals surface area (Å²) in [6.45, 7) is 12.7. The van der Waals surface area contributed by atoms with Gasteiger partial charge in [-0.2, -0.15) is 0 Å². The Balaban J connectivity index is 3.89. The Morgan fingerprint density at radius 3 is 2.18 bits per heavy atom. The highest BCUT2D eigenvalue weighted by Gasteiger charge is 2.24. The van der Waals surface area contributed by atoms with E-state index in [2.05, 4.69) is 17.6 Å². The number of rotatable bonds is 6. The number of methoxy groups -OCH3 is 1. The molecule has 0 aromatic heterocycles. The van der Waals surface area contributed by atoms with Gasteiger partial charge in [-0.25, -0.2) is 0 Å². The third-order valence-electron chi connectivity index (χ3n) is 2.89. The summed E-state index contributed by atoms with van der Waals surface area (Å²) in [5.74, 6) is 0.0763. The molecule has 0 aromatic carbocycles. The van der Waals surface area contributed by atoms with E-state index in [0.717, 1.165) is 0 Å². The minimum Gasteiger partial charge on any atom is -0.377 e. The van der Waals surface area contributed by atoms with Crippen molar-refractivity contribution in [3.8, 4) is 0 Å². The molecule has 102 valence electrons. The van der Waals surface area contributed by atoms with Crippen LogP contribution in [0.4, 0.5) is 0 Å². The van der Waals surface area contributed by atoms with Gasteiger partial charge < -0.3 is 15.4 Å². The van der Waals surface area contributed by atoms with E-state index in [-0.39, 0.29) is 23.1 Å². The van der Waals surface area contributed by atoms with Gasteiger partial charge in [-0.15, -0.1) is 0 Å². The summed E-state index contributed by atoms with van der Waals surface area (Å²) in [6.07, 6.45) is 0.488. The third-order valence-corrected chi connectivity index (χ3v) is 2.89. The molecular weight excluding hydrogens is 216 g/mol. The first-order valence-electron chi connectivity index (χ1n) is 6.18.